The van der Waals surface area contributed by atoms with Crippen molar-refractivity contribution in [2.24, 2.45) is 0 Å². The number of carbonyl (C=O) groups excluding carboxylic acids is 12. The maximum atomic E-state index is 12.0. The molecule has 9 aromatic rings. The summed E-state index contributed by atoms with van der Waals surface area (Å²) in [5, 5.41) is 144. The molecule has 0 radical (unpaired) electrons. The fourth-order valence-corrected chi connectivity index (χ4v) is 12.2. The van der Waals surface area contributed by atoms with E-state index in [9.17, 15) is 119 Å². The smallest absolute Gasteiger partial charge is 0.545 e. The first-order chi connectivity index (χ1) is 51.5. The molecule has 24 bridgehead atoms. The van der Waals surface area contributed by atoms with Crippen LogP contribution in [0.25, 0.3) is 139 Å². The number of aromatic nitrogens is 12. The number of carboxylic acids is 12. The Kier molecular flexibility index (Phi) is 23.7. The first kappa shape index (κ1) is 82.0. The summed E-state index contributed by atoms with van der Waals surface area (Å²) in [6.07, 6.45) is 14.7. The molecule has 112 heavy (non-hydrogen) atoms. The molecule has 6 N–H and O–H groups in total. The number of nitrogens with zero attached hydrogens (tertiary/aromatic N) is 6. The minimum absolute atomic E-state index is 0. The maximum absolute atomic E-state index is 12.0. The van der Waals surface area contributed by atoms with Crippen LogP contribution < -0.4 is 61.3 Å². The van der Waals surface area contributed by atoms with E-state index in [0.29, 0.717) is 0 Å². The predicted octanol–water partition coefficient (Wildman–Crippen LogP) is -5.68. The minimum atomic E-state index is -1.69. The average molecular weight is 1860 g/mol. The molecular weight excluding hydrogens is 1830 g/mol. The van der Waals surface area contributed by atoms with Gasteiger partial charge in [0.15, 0.2) is 0 Å². The standard InChI is InChI=1S/3C24H14N4O8.4Rh/c3*29-21(30)17-9-1-2-10(25-9)18(22(31)32)12-5-6-14(27-12)20(24(35)36)16-8-7-15(28-16)19(23(33)34)13-4-3-11(17)26-13;;;;/h3*1-8,25-26H,(H,29,30)(H,31,32)(H,33,34)(H,35,36);;;;/q;;;4*+3/p-12. The van der Waals surface area contributed by atoms with Gasteiger partial charge in [0.2, 0.25) is 0 Å². The van der Waals surface area contributed by atoms with Crippen LogP contribution in [0.15, 0.2) is 72.8 Å². The fraction of sp³-hybridized carbons (Fsp3) is 0. The van der Waals surface area contributed by atoms with Gasteiger partial charge in [-0.25, -0.2) is 29.9 Å². The van der Waals surface area contributed by atoms with E-state index in [0.717, 1.165) is 0 Å². The van der Waals surface area contributed by atoms with Crippen LogP contribution >= 0.6 is 0 Å². The summed E-state index contributed by atoms with van der Waals surface area (Å²) >= 11 is 0. The Morgan fingerprint density at radius 3 is 0.348 bits per heavy atom. The molecule has 0 saturated heterocycles. The van der Waals surface area contributed by atoms with Gasteiger partial charge in [-0.05, 0) is 146 Å². The molecule has 15 heterocycles. The van der Waals surface area contributed by atoms with Crippen LogP contribution in [0, 0.1) is 0 Å². The van der Waals surface area contributed by atoms with Crippen LogP contribution in [-0.4, -0.2) is 131 Å². The van der Waals surface area contributed by atoms with Crippen LogP contribution in [0.5, 0.6) is 0 Å². The molecular formula is C72H30N12O24Rh4. The summed E-state index contributed by atoms with van der Waals surface area (Å²) in [5.41, 5.74) is -8.84. The summed E-state index contributed by atoms with van der Waals surface area (Å²) in [4.78, 5) is 184. The molecule has 0 aromatic carbocycles. The molecule has 558 valence electrons. The number of aromatic carboxylic acids is 12. The quantitative estimate of drug-likeness (QED) is 0.0621. The van der Waals surface area contributed by atoms with Crippen LogP contribution in [-0.2, 0) is 77.9 Å². The second kappa shape index (κ2) is 32.4. The second-order valence-corrected chi connectivity index (χ2v) is 23.0. The van der Waals surface area contributed by atoms with Crippen molar-refractivity contribution in [1.82, 2.24) is 59.8 Å². The summed E-state index contributed by atoms with van der Waals surface area (Å²) in [6, 6.07) is 15.3. The van der Waals surface area contributed by atoms with Crippen LogP contribution in [0.1, 0.15) is 193 Å². The Morgan fingerprint density at radius 1 is 0.161 bits per heavy atom. The average Bonchev–Trinajstić information content (AvgIpc) is 1.63. The number of hydrogen-bond acceptors (Lipinski definition) is 30. The Hall–Kier alpha value is -14.1. The number of hydrogen-bond donors (Lipinski definition) is 6. The van der Waals surface area contributed by atoms with E-state index in [4.69, 9.17) is 0 Å². The minimum Gasteiger partial charge on any atom is -0.545 e. The zero-order valence-electron chi connectivity index (χ0n) is 54.7. The van der Waals surface area contributed by atoms with Crippen molar-refractivity contribution >= 4 is 211 Å². The fourth-order valence-electron chi connectivity index (χ4n) is 12.2. The molecule has 0 fully saturated rings. The number of carbonyl (C=O) groups is 12. The Bertz CT molecular complexity index is 5570. The largest absolute Gasteiger partial charge is 3.00 e. The number of aromatic amines is 6. The Morgan fingerprint density at radius 2 is 0.250 bits per heavy atom. The summed E-state index contributed by atoms with van der Waals surface area (Å²) in [7, 11) is 0. The van der Waals surface area contributed by atoms with Crippen molar-refractivity contribution in [3.8, 4) is 0 Å². The van der Waals surface area contributed by atoms with Gasteiger partial charge < -0.3 is 149 Å². The molecule has 0 saturated carbocycles. The normalized spacial score (nSPS) is 11.6. The number of H-pyrrole nitrogens is 6. The van der Waals surface area contributed by atoms with Crippen molar-refractivity contribution in [3.63, 3.8) is 0 Å². The van der Waals surface area contributed by atoms with Crippen molar-refractivity contribution in [1.29, 1.82) is 0 Å². The van der Waals surface area contributed by atoms with Crippen LogP contribution in [0.4, 0.5) is 0 Å². The van der Waals surface area contributed by atoms with Gasteiger partial charge in [0, 0.05) is 133 Å². The molecule has 6 aliphatic rings. The Balaban J connectivity index is 0.000000189. The summed E-state index contributed by atoms with van der Waals surface area (Å²) in [5.74, 6) is -20.0. The number of rotatable bonds is 12. The van der Waals surface area contributed by atoms with Gasteiger partial charge in [-0.3, -0.25) is 0 Å². The molecule has 36 nitrogen and oxygen atoms in total. The van der Waals surface area contributed by atoms with Gasteiger partial charge in [0.1, 0.15) is 0 Å². The molecule has 9 aromatic heterocycles. The number of fused-ring (bicyclic) bond motifs is 24. The van der Waals surface area contributed by atoms with Gasteiger partial charge in [-0.1, -0.05) is 0 Å². The maximum Gasteiger partial charge on any atom is 3.00 e. The molecule has 40 heteroatoms. The summed E-state index contributed by atoms with van der Waals surface area (Å²) < 4.78 is 0. The third-order valence-electron chi connectivity index (χ3n) is 16.7. The molecule has 0 unspecified atom stereocenters. The van der Waals surface area contributed by atoms with Crippen molar-refractivity contribution in [2.45, 2.75) is 0 Å². The first-order valence-electron chi connectivity index (χ1n) is 30.5. The van der Waals surface area contributed by atoms with Crippen molar-refractivity contribution < 1.29 is 197 Å². The summed E-state index contributed by atoms with van der Waals surface area (Å²) in [6.45, 7) is 0. The van der Waals surface area contributed by atoms with E-state index in [1.165, 1.54) is 146 Å². The topological polar surface area (TPSA) is 654 Å². The second-order valence-electron chi connectivity index (χ2n) is 23.0. The first-order valence-corrected chi connectivity index (χ1v) is 30.5. The third-order valence-corrected chi connectivity index (χ3v) is 16.7. The monoisotopic (exact) mass is 1860 g/mol. The van der Waals surface area contributed by atoms with Crippen LogP contribution in [0.3, 0.4) is 0 Å². The van der Waals surface area contributed by atoms with Gasteiger partial charge in [0.25, 0.3) is 0 Å². The molecule has 15 rings (SSSR count). The van der Waals surface area contributed by atoms with E-state index in [1.807, 2.05) is 0 Å². The molecule has 6 aliphatic heterocycles. The van der Waals surface area contributed by atoms with Gasteiger partial charge in [-0.15, -0.1) is 0 Å². The third kappa shape index (κ3) is 15.3. The van der Waals surface area contributed by atoms with E-state index < -0.39 is 138 Å². The van der Waals surface area contributed by atoms with E-state index in [-0.39, 0.29) is 212 Å². The number of nitrogens with one attached hydrogen (secondary N) is 6. The number of carboxylic acid groups (broad SMARTS) is 12. The van der Waals surface area contributed by atoms with Gasteiger partial charge >= 0.3 is 77.9 Å². The zero-order chi connectivity index (χ0) is 77.2. The van der Waals surface area contributed by atoms with Gasteiger partial charge in [0.05, 0.1) is 140 Å². The van der Waals surface area contributed by atoms with Crippen molar-refractivity contribution in [3.05, 3.63) is 208 Å². The van der Waals surface area contributed by atoms with Gasteiger partial charge in [-0.2, -0.15) is 0 Å². The van der Waals surface area contributed by atoms with E-state index in [2.05, 4.69) is 59.8 Å². The molecule has 0 amide bonds. The molecule has 0 spiro atoms. The zero-order valence-corrected chi connectivity index (χ0v) is 61.2. The molecule has 0 aliphatic carbocycles. The van der Waals surface area contributed by atoms with Crippen molar-refractivity contribution in [2.75, 3.05) is 0 Å². The van der Waals surface area contributed by atoms with E-state index >= 15 is 0 Å². The molecule has 0 atom stereocenters. The van der Waals surface area contributed by atoms with E-state index in [1.54, 1.807) is 0 Å². The SMILES string of the molecule is O=C([O-])c1c2nc(c(C(=O)[O-])c3ccc([nH]3)c(C(=O)[O-])c3ccc([nH]3)c(C(=O)[O-])c3nc1C=C3)C=C2.O=C([O-])c1c2nc(c(C(=O)[O-])c3ccc([nH]3)c(C(=O)[O-])c3ccc([nH]3)c(C(=O)[O-])c3nc1C=C3)C=C2.O=C([O-])c1c2nc(c(C(=O)[O-])c3ccc([nH]3)c(C(=O)[O-])c3ccc([nH]3)c(C(=O)[O-])c3nc1C=C3)C=C2.[Rh+3].[Rh+3].[Rh+3].[Rh+3]. The van der Waals surface area contributed by atoms with Crippen LogP contribution in [0.2, 0.25) is 0 Å². The predicted molar refractivity (Wildman–Crippen MR) is 349 cm³/mol. The Labute approximate surface area is 670 Å².